The lowest BCUT2D eigenvalue weighted by Gasteiger charge is -2.12. The van der Waals surface area contributed by atoms with Crippen LogP contribution in [0, 0.1) is 5.82 Å². The van der Waals surface area contributed by atoms with Crippen LogP contribution in [0.15, 0.2) is 23.3 Å². The summed E-state index contributed by atoms with van der Waals surface area (Å²) >= 11 is 1.08. The van der Waals surface area contributed by atoms with E-state index in [9.17, 15) is 18.8 Å². The van der Waals surface area contributed by atoms with Crippen LogP contribution in [-0.2, 0) is 25.7 Å². The predicted octanol–water partition coefficient (Wildman–Crippen LogP) is 2.53. The number of nitrogens with zero attached hydrogens (tertiary/aromatic N) is 1. The number of amides is 1. The fraction of sp³-hybridized carbons (Fsp3) is 0.294. The molecule has 1 aromatic carbocycles. The summed E-state index contributed by atoms with van der Waals surface area (Å²) in [4.78, 5) is 35.6. The smallest absolute Gasteiger partial charge is 0.354 e. The van der Waals surface area contributed by atoms with Gasteiger partial charge >= 0.3 is 11.9 Å². The topological polar surface area (TPSA) is 94.1 Å². The van der Waals surface area contributed by atoms with Crippen LogP contribution >= 0.6 is 11.3 Å². The normalized spacial score (nSPS) is 13.9. The Labute approximate surface area is 151 Å². The summed E-state index contributed by atoms with van der Waals surface area (Å²) in [7, 11) is 0. The molecule has 1 amide bonds. The zero-order valence-corrected chi connectivity index (χ0v) is 14.7. The molecule has 0 atom stereocenters. The van der Waals surface area contributed by atoms with Gasteiger partial charge in [0.25, 0.3) is 0 Å². The maximum Gasteiger partial charge on any atom is 0.354 e. The molecular formula is C17H15FN2O5S. The molecule has 9 heteroatoms. The van der Waals surface area contributed by atoms with Crippen LogP contribution in [0.3, 0.4) is 0 Å². The molecule has 2 heterocycles. The van der Waals surface area contributed by atoms with Crippen molar-refractivity contribution < 1.29 is 28.2 Å². The van der Waals surface area contributed by atoms with E-state index in [0.29, 0.717) is 4.70 Å². The number of hydrogen-bond acceptors (Lipinski definition) is 7. The fourth-order valence-corrected chi connectivity index (χ4v) is 3.62. The van der Waals surface area contributed by atoms with Crippen molar-refractivity contribution in [1.82, 2.24) is 5.43 Å². The van der Waals surface area contributed by atoms with Crippen LogP contribution in [0.25, 0.3) is 10.1 Å². The van der Waals surface area contributed by atoms with Crippen LogP contribution in [0.4, 0.5) is 4.39 Å². The highest BCUT2D eigenvalue weighted by molar-refractivity contribution is 7.21. The number of ether oxygens (including phenoxy) is 2. The lowest BCUT2D eigenvalue weighted by Crippen LogP contribution is -2.30. The third kappa shape index (κ3) is 3.57. The molecule has 1 N–H and O–H groups in total. The maximum absolute atomic E-state index is 14.3. The van der Waals surface area contributed by atoms with Crippen molar-refractivity contribution in [3.05, 3.63) is 34.5 Å². The molecule has 2 aromatic rings. The van der Waals surface area contributed by atoms with E-state index in [4.69, 9.17) is 9.47 Å². The first-order valence-corrected chi connectivity index (χ1v) is 8.72. The van der Waals surface area contributed by atoms with Crippen molar-refractivity contribution >= 4 is 45.0 Å². The molecule has 0 bridgehead atoms. The van der Waals surface area contributed by atoms with Crippen molar-refractivity contribution in [2.45, 2.75) is 26.4 Å². The zero-order valence-electron chi connectivity index (χ0n) is 13.8. The van der Waals surface area contributed by atoms with Crippen molar-refractivity contribution in [3.8, 4) is 0 Å². The number of hydrazone groups is 1. The van der Waals surface area contributed by atoms with Crippen molar-refractivity contribution in [2.75, 3.05) is 6.61 Å². The number of thiophene rings is 1. The zero-order chi connectivity index (χ0) is 18.7. The van der Waals surface area contributed by atoms with Crippen molar-refractivity contribution in [2.24, 2.45) is 5.10 Å². The van der Waals surface area contributed by atoms with Crippen LogP contribution in [0.1, 0.15) is 35.0 Å². The van der Waals surface area contributed by atoms with Crippen LogP contribution in [0.5, 0.6) is 0 Å². The molecule has 7 nitrogen and oxygen atoms in total. The number of benzene rings is 1. The number of hydrogen-bond donors (Lipinski definition) is 1. The number of rotatable bonds is 5. The molecule has 1 aliphatic rings. The summed E-state index contributed by atoms with van der Waals surface area (Å²) in [5, 5.41) is 3.89. The van der Waals surface area contributed by atoms with Gasteiger partial charge in [-0.15, -0.1) is 11.3 Å². The fourth-order valence-electron chi connectivity index (χ4n) is 2.51. The van der Waals surface area contributed by atoms with E-state index in [-0.39, 0.29) is 53.5 Å². The Balaban J connectivity index is 1.88. The molecule has 0 saturated heterocycles. The Morgan fingerprint density at radius 1 is 1.27 bits per heavy atom. The Hall–Kier alpha value is -2.81. The predicted molar refractivity (Wildman–Crippen MR) is 92.3 cm³/mol. The first-order valence-electron chi connectivity index (χ1n) is 7.90. The molecule has 1 aliphatic heterocycles. The maximum atomic E-state index is 14.3. The molecule has 0 spiro atoms. The molecule has 0 saturated carbocycles. The quantitative estimate of drug-likeness (QED) is 0.807. The number of esters is 2. The van der Waals surface area contributed by atoms with E-state index in [1.165, 1.54) is 6.07 Å². The lowest BCUT2D eigenvalue weighted by atomic mass is 10.1. The van der Waals surface area contributed by atoms with Crippen LogP contribution in [0.2, 0.25) is 0 Å². The lowest BCUT2D eigenvalue weighted by molar-refractivity contribution is -0.137. The van der Waals surface area contributed by atoms with Crippen LogP contribution in [-0.4, -0.2) is 30.2 Å². The molecule has 0 aliphatic carbocycles. The van der Waals surface area contributed by atoms with Gasteiger partial charge in [-0.2, -0.15) is 5.10 Å². The van der Waals surface area contributed by atoms with Gasteiger partial charge in [0.15, 0.2) is 0 Å². The largest absolute Gasteiger partial charge is 0.462 e. The summed E-state index contributed by atoms with van der Waals surface area (Å²) in [5.41, 5.74) is 2.54. The van der Waals surface area contributed by atoms with Crippen LogP contribution < -0.4 is 5.43 Å². The summed E-state index contributed by atoms with van der Waals surface area (Å²) in [5.74, 6) is -2.11. The molecule has 1 aromatic heterocycles. The highest BCUT2D eigenvalue weighted by Crippen LogP contribution is 2.34. The molecule has 136 valence electrons. The third-order valence-corrected chi connectivity index (χ3v) is 4.89. The van der Waals surface area contributed by atoms with E-state index >= 15 is 0 Å². The summed E-state index contributed by atoms with van der Waals surface area (Å²) in [6.07, 6.45) is 0.298. The molecular weight excluding hydrogens is 363 g/mol. The second-order valence-electron chi connectivity index (χ2n) is 5.41. The van der Waals surface area contributed by atoms with Gasteiger partial charge in [0.2, 0.25) is 5.91 Å². The molecule has 26 heavy (non-hydrogen) atoms. The standard InChI is InChI=1S/C17H15FN2O5S/c1-2-24-17(23)15-9(14-10(18)4-3-5-12(14)26-15)8-25-16(22)11-6-7-13(21)20-19-11/h3-5H,2,6-8H2,1H3,(H,20,21). The average molecular weight is 378 g/mol. The highest BCUT2D eigenvalue weighted by atomic mass is 32.1. The SMILES string of the molecule is CCOC(=O)c1sc2cccc(F)c2c1COC(=O)C1=NNC(=O)CC1. The second kappa shape index (κ2) is 7.61. The molecule has 0 radical (unpaired) electrons. The van der Waals surface area contributed by atoms with Crippen molar-refractivity contribution in [1.29, 1.82) is 0 Å². The molecule has 0 fully saturated rings. The summed E-state index contributed by atoms with van der Waals surface area (Å²) in [6.45, 7) is 1.53. The second-order valence-corrected chi connectivity index (χ2v) is 6.46. The first-order chi connectivity index (χ1) is 12.5. The number of nitrogens with one attached hydrogen (secondary N) is 1. The minimum atomic E-state index is -0.726. The van der Waals surface area contributed by atoms with Gasteiger partial charge in [-0.05, 0) is 19.1 Å². The van der Waals surface area contributed by atoms with Gasteiger partial charge in [0, 0.05) is 28.5 Å². The monoisotopic (exact) mass is 378 g/mol. The van der Waals surface area contributed by atoms with Gasteiger partial charge < -0.3 is 9.47 Å². The van der Waals surface area contributed by atoms with E-state index < -0.39 is 17.8 Å². The van der Waals surface area contributed by atoms with E-state index in [1.807, 2.05) is 0 Å². The van der Waals surface area contributed by atoms with Gasteiger partial charge in [-0.1, -0.05) is 6.07 Å². The number of halogens is 1. The van der Waals surface area contributed by atoms with E-state index in [2.05, 4.69) is 10.5 Å². The Morgan fingerprint density at radius 2 is 2.08 bits per heavy atom. The number of fused-ring (bicyclic) bond motifs is 1. The molecule has 3 rings (SSSR count). The summed E-state index contributed by atoms with van der Waals surface area (Å²) in [6, 6.07) is 4.49. The Kier molecular flexibility index (Phi) is 5.27. The Morgan fingerprint density at radius 3 is 2.77 bits per heavy atom. The van der Waals surface area contributed by atoms with E-state index in [1.54, 1.807) is 19.1 Å². The minimum Gasteiger partial charge on any atom is -0.462 e. The number of carbonyl (C=O) groups is 3. The molecule has 0 unspecified atom stereocenters. The van der Waals surface area contributed by atoms with Gasteiger partial charge in [-0.25, -0.2) is 19.4 Å². The van der Waals surface area contributed by atoms with Gasteiger partial charge in [0.05, 0.1) is 6.61 Å². The minimum absolute atomic E-state index is 0.0716. The van der Waals surface area contributed by atoms with Crippen molar-refractivity contribution in [3.63, 3.8) is 0 Å². The highest BCUT2D eigenvalue weighted by Gasteiger charge is 2.25. The van der Waals surface area contributed by atoms with Gasteiger partial charge in [0.1, 0.15) is 23.0 Å². The number of carbonyl (C=O) groups excluding carboxylic acids is 3. The van der Waals surface area contributed by atoms with Gasteiger partial charge in [-0.3, -0.25) is 4.79 Å². The average Bonchev–Trinajstić information content (AvgIpc) is 3.00. The van der Waals surface area contributed by atoms with E-state index in [0.717, 1.165) is 11.3 Å². The Bertz CT molecular complexity index is 921. The third-order valence-electron chi connectivity index (χ3n) is 3.71. The first kappa shape index (κ1) is 18.0. The summed E-state index contributed by atoms with van der Waals surface area (Å²) < 4.78 is 25.0.